The molecule has 1 aromatic rings. The Labute approximate surface area is 161 Å². The van der Waals surface area contributed by atoms with Gasteiger partial charge in [0.2, 0.25) is 11.8 Å². The number of rotatable bonds is 3. The molecule has 1 aromatic carbocycles. The fourth-order valence-electron chi connectivity index (χ4n) is 5.05. The van der Waals surface area contributed by atoms with Crippen molar-refractivity contribution in [2.24, 2.45) is 11.8 Å². The fraction of sp³-hybridized carbons (Fsp3) is 0.500. The Morgan fingerprint density at radius 1 is 1.36 bits per heavy atom. The normalized spacial score (nSPS) is 35.8. The lowest BCUT2D eigenvalue weighted by molar-refractivity contribution is -0.159. The van der Waals surface area contributed by atoms with Gasteiger partial charge >= 0.3 is 5.97 Å². The van der Waals surface area contributed by atoms with Gasteiger partial charge in [0.15, 0.2) is 0 Å². The Kier molecular flexibility index (Phi) is 3.88. The third-order valence-corrected chi connectivity index (χ3v) is 6.18. The molecule has 5 atom stereocenters. The second-order valence-corrected chi connectivity index (χ2v) is 7.95. The van der Waals surface area contributed by atoms with Gasteiger partial charge in [-0.05, 0) is 32.0 Å². The summed E-state index contributed by atoms with van der Waals surface area (Å²) >= 11 is 0. The van der Waals surface area contributed by atoms with E-state index in [1.165, 1.54) is 25.1 Å². The highest BCUT2D eigenvalue weighted by Crippen LogP contribution is 2.61. The van der Waals surface area contributed by atoms with E-state index in [9.17, 15) is 18.8 Å². The van der Waals surface area contributed by atoms with Crippen LogP contribution in [0.1, 0.15) is 38.3 Å². The summed E-state index contributed by atoms with van der Waals surface area (Å²) in [5, 5.41) is 9.07. The van der Waals surface area contributed by atoms with E-state index in [4.69, 9.17) is 14.7 Å². The number of anilines is 1. The van der Waals surface area contributed by atoms with Gasteiger partial charge in [0, 0.05) is 18.9 Å². The molecule has 28 heavy (non-hydrogen) atoms. The number of halogens is 1. The molecular weight excluding hydrogens is 367 g/mol. The van der Waals surface area contributed by atoms with Crippen molar-refractivity contribution in [3.63, 3.8) is 0 Å². The first-order chi connectivity index (χ1) is 13.2. The number of carbonyl (C=O) groups excluding carboxylic acids is 3. The maximum atomic E-state index is 13.3. The molecule has 2 bridgehead atoms. The summed E-state index contributed by atoms with van der Waals surface area (Å²) in [6.45, 7) is 3.85. The van der Waals surface area contributed by atoms with E-state index in [-0.39, 0.29) is 16.8 Å². The Morgan fingerprint density at radius 2 is 2.04 bits per heavy atom. The first-order valence-electron chi connectivity index (χ1n) is 9.00. The quantitative estimate of drug-likeness (QED) is 0.582. The molecule has 146 valence electrons. The van der Waals surface area contributed by atoms with Crippen molar-refractivity contribution in [2.45, 2.75) is 51.2 Å². The van der Waals surface area contributed by atoms with Crippen molar-refractivity contribution in [3.05, 3.63) is 29.3 Å². The van der Waals surface area contributed by atoms with Gasteiger partial charge in [-0.25, -0.2) is 9.29 Å². The van der Waals surface area contributed by atoms with Gasteiger partial charge < -0.3 is 9.47 Å². The van der Waals surface area contributed by atoms with Gasteiger partial charge in [-0.2, -0.15) is 5.26 Å². The van der Waals surface area contributed by atoms with Gasteiger partial charge in [-0.1, -0.05) is 0 Å². The van der Waals surface area contributed by atoms with Gasteiger partial charge in [-0.3, -0.25) is 14.4 Å². The molecule has 0 N–H and O–H groups in total. The fourth-order valence-corrected chi connectivity index (χ4v) is 5.05. The van der Waals surface area contributed by atoms with Crippen molar-refractivity contribution in [1.82, 2.24) is 0 Å². The summed E-state index contributed by atoms with van der Waals surface area (Å²) in [5.41, 5.74) is -1.54. The Balaban J connectivity index is 1.75. The number of ether oxygens (including phenoxy) is 2. The monoisotopic (exact) mass is 386 g/mol. The molecule has 7 nitrogen and oxygen atoms in total. The van der Waals surface area contributed by atoms with Crippen LogP contribution in [0, 0.1) is 23.2 Å². The van der Waals surface area contributed by atoms with Crippen LogP contribution in [0.25, 0.3) is 0 Å². The zero-order chi connectivity index (χ0) is 20.4. The number of carbonyl (C=O) groups is 3. The molecule has 3 saturated heterocycles. The number of benzene rings is 1. The lowest BCUT2D eigenvalue weighted by Gasteiger charge is -2.34. The van der Waals surface area contributed by atoms with E-state index in [1.807, 2.05) is 6.07 Å². The van der Waals surface area contributed by atoms with Crippen LogP contribution in [0.15, 0.2) is 18.2 Å². The summed E-state index contributed by atoms with van der Waals surface area (Å²) in [6.07, 6.45) is -0.310. The molecule has 2 amide bonds. The van der Waals surface area contributed by atoms with Crippen molar-refractivity contribution >= 4 is 23.5 Å². The van der Waals surface area contributed by atoms with E-state index in [2.05, 4.69) is 0 Å². The topological polar surface area (TPSA) is 96.7 Å². The second kappa shape index (κ2) is 5.85. The summed E-state index contributed by atoms with van der Waals surface area (Å²) in [6, 6.07) is 6.11. The number of nitrogens with zero attached hydrogens (tertiary/aromatic N) is 2. The van der Waals surface area contributed by atoms with Crippen molar-refractivity contribution in [3.8, 4) is 6.07 Å². The molecule has 0 aliphatic carbocycles. The SMILES string of the molecule is CC(=O)O[C@H]1CC2(C)OC1(C)[C@@H]1C(=O)N(c3ccc(C#N)c(CF)c3)C(=O)[C@@H]12. The molecule has 3 aliphatic heterocycles. The minimum Gasteiger partial charge on any atom is -0.459 e. The van der Waals surface area contributed by atoms with Crippen LogP contribution < -0.4 is 4.90 Å². The molecule has 0 aromatic heterocycles. The number of hydrogen-bond donors (Lipinski definition) is 0. The van der Waals surface area contributed by atoms with Crippen LogP contribution in [0.5, 0.6) is 0 Å². The number of imide groups is 1. The molecule has 3 aliphatic rings. The molecule has 2 unspecified atom stereocenters. The summed E-state index contributed by atoms with van der Waals surface area (Å²) < 4.78 is 24.8. The third-order valence-electron chi connectivity index (χ3n) is 6.18. The lowest BCUT2D eigenvalue weighted by Crippen LogP contribution is -2.50. The summed E-state index contributed by atoms with van der Waals surface area (Å²) in [5.74, 6) is -2.87. The second-order valence-electron chi connectivity index (χ2n) is 7.95. The zero-order valence-corrected chi connectivity index (χ0v) is 15.7. The van der Waals surface area contributed by atoms with Gasteiger partial charge in [-0.15, -0.1) is 0 Å². The van der Waals surface area contributed by atoms with Crippen molar-refractivity contribution in [2.75, 3.05) is 4.90 Å². The molecule has 0 saturated carbocycles. The Morgan fingerprint density at radius 3 is 2.64 bits per heavy atom. The largest absolute Gasteiger partial charge is 0.459 e. The highest BCUT2D eigenvalue weighted by atomic mass is 19.1. The van der Waals surface area contributed by atoms with E-state index in [1.54, 1.807) is 13.8 Å². The zero-order valence-electron chi connectivity index (χ0n) is 15.7. The highest BCUT2D eigenvalue weighted by Gasteiger charge is 2.76. The average molecular weight is 386 g/mol. The van der Waals surface area contributed by atoms with Crippen LogP contribution in [0.4, 0.5) is 10.1 Å². The molecule has 4 rings (SSSR count). The molecule has 3 fully saturated rings. The number of hydrogen-bond acceptors (Lipinski definition) is 6. The van der Waals surface area contributed by atoms with Crippen molar-refractivity contribution in [1.29, 1.82) is 5.26 Å². The Bertz CT molecular complexity index is 956. The number of fused-ring (bicyclic) bond motifs is 5. The van der Waals surface area contributed by atoms with Crippen LogP contribution in [-0.4, -0.2) is 35.1 Å². The number of nitriles is 1. The van der Waals surface area contributed by atoms with Gasteiger partial charge in [0.1, 0.15) is 18.4 Å². The van der Waals surface area contributed by atoms with Crippen LogP contribution in [0.2, 0.25) is 0 Å². The van der Waals surface area contributed by atoms with Crippen LogP contribution in [0.3, 0.4) is 0 Å². The lowest BCUT2D eigenvalue weighted by atomic mass is 9.67. The molecule has 0 radical (unpaired) electrons. The highest BCUT2D eigenvalue weighted by molar-refractivity contribution is 6.23. The molecule has 0 spiro atoms. The van der Waals surface area contributed by atoms with Crippen molar-refractivity contribution < 1.29 is 28.2 Å². The number of alkyl halides is 1. The number of esters is 1. The van der Waals surface area contributed by atoms with Gasteiger partial charge in [0.05, 0.1) is 34.8 Å². The van der Waals surface area contributed by atoms with E-state index in [0.29, 0.717) is 6.42 Å². The summed E-state index contributed by atoms with van der Waals surface area (Å²) in [4.78, 5) is 38.9. The van der Waals surface area contributed by atoms with Crippen LogP contribution in [-0.2, 0) is 30.5 Å². The smallest absolute Gasteiger partial charge is 0.303 e. The predicted octanol–water partition coefficient (Wildman–Crippen LogP) is 2.02. The first kappa shape index (κ1) is 18.6. The minimum atomic E-state index is -1.11. The number of amides is 2. The van der Waals surface area contributed by atoms with E-state index < -0.39 is 53.6 Å². The molecule has 8 heteroatoms. The molecular formula is C20H19FN2O5. The third kappa shape index (κ3) is 2.26. The predicted molar refractivity (Wildman–Crippen MR) is 93.5 cm³/mol. The van der Waals surface area contributed by atoms with Gasteiger partial charge in [0.25, 0.3) is 0 Å². The average Bonchev–Trinajstić information content (AvgIpc) is 3.15. The standard InChI is InChI=1S/C20H19FN2O5/c1-10(24)27-14-7-19(2)15-16(20(14,3)28-19)18(26)23(17(15)25)13-5-4-11(9-22)12(6-13)8-21/h4-6,14-16H,7-8H2,1-3H3/t14-,15+,16-,19?,20?/m0/s1. The van der Waals surface area contributed by atoms with Crippen LogP contribution >= 0.6 is 0 Å². The maximum absolute atomic E-state index is 13.3. The minimum absolute atomic E-state index is 0.118. The van der Waals surface area contributed by atoms with E-state index >= 15 is 0 Å². The molecule has 3 heterocycles. The maximum Gasteiger partial charge on any atom is 0.303 e. The first-order valence-corrected chi connectivity index (χ1v) is 9.00. The Hall–Kier alpha value is -2.79. The van der Waals surface area contributed by atoms with E-state index in [0.717, 1.165) is 4.90 Å². The summed E-state index contributed by atoms with van der Waals surface area (Å²) in [7, 11) is 0.